The molecule has 0 aliphatic carbocycles. The molecule has 0 radical (unpaired) electrons. The molecule has 0 amide bonds. The van der Waals surface area contributed by atoms with Gasteiger partial charge in [0.25, 0.3) is 0 Å². The summed E-state index contributed by atoms with van der Waals surface area (Å²) in [4.78, 5) is 0. The van der Waals surface area contributed by atoms with Crippen LogP contribution in [0.15, 0.2) is 54.6 Å². The van der Waals surface area contributed by atoms with Crippen molar-refractivity contribution >= 4 is 0 Å². The van der Waals surface area contributed by atoms with E-state index in [4.69, 9.17) is 0 Å². The van der Waals surface area contributed by atoms with Crippen molar-refractivity contribution in [1.29, 1.82) is 0 Å². The lowest BCUT2D eigenvalue weighted by molar-refractivity contribution is 0.759. The number of hydrogen-bond acceptors (Lipinski definition) is 0. The zero-order valence-electron chi connectivity index (χ0n) is 9.98. The summed E-state index contributed by atoms with van der Waals surface area (Å²) in [6, 6.07) is 19.5. The molecule has 1 unspecified atom stereocenters. The van der Waals surface area contributed by atoms with Crippen LogP contribution in [0.3, 0.4) is 0 Å². The number of rotatable bonds is 3. The molecule has 16 heavy (non-hydrogen) atoms. The van der Waals surface area contributed by atoms with Crippen LogP contribution < -0.4 is 0 Å². The van der Waals surface area contributed by atoms with Crippen LogP contribution in [0.25, 0.3) is 0 Å². The highest BCUT2D eigenvalue weighted by atomic mass is 14.1. The topological polar surface area (TPSA) is 0 Å². The van der Waals surface area contributed by atoms with Gasteiger partial charge >= 0.3 is 0 Å². The van der Waals surface area contributed by atoms with Gasteiger partial charge in [-0.3, -0.25) is 0 Å². The molecule has 2 aromatic carbocycles. The zero-order valence-corrected chi connectivity index (χ0v) is 9.98. The normalized spacial score (nSPS) is 12.4. The highest BCUT2D eigenvalue weighted by Crippen LogP contribution is 2.20. The molecular formula is C16H18. The van der Waals surface area contributed by atoms with Crippen molar-refractivity contribution in [3.8, 4) is 0 Å². The molecule has 0 aliphatic heterocycles. The fourth-order valence-electron chi connectivity index (χ4n) is 1.98. The highest BCUT2D eigenvalue weighted by molar-refractivity contribution is 5.26. The molecule has 0 saturated heterocycles. The van der Waals surface area contributed by atoms with Crippen molar-refractivity contribution < 1.29 is 0 Å². The summed E-state index contributed by atoms with van der Waals surface area (Å²) >= 11 is 0. The first-order valence-electron chi connectivity index (χ1n) is 5.86. The van der Waals surface area contributed by atoms with Crippen LogP contribution in [0, 0.1) is 6.92 Å². The van der Waals surface area contributed by atoms with Crippen LogP contribution >= 0.6 is 0 Å². The van der Waals surface area contributed by atoms with Crippen molar-refractivity contribution in [2.75, 3.05) is 0 Å². The molecule has 0 fully saturated rings. The highest BCUT2D eigenvalue weighted by Gasteiger charge is 2.05. The first-order chi connectivity index (χ1) is 7.75. The maximum atomic E-state index is 2.29. The molecule has 0 spiro atoms. The van der Waals surface area contributed by atoms with Gasteiger partial charge in [-0.25, -0.2) is 0 Å². The van der Waals surface area contributed by atoms with Crippen molar-refractivity contribution in [3.63, 3.8) is 0 Å². The second kappa shape index (κ2) is 4.98. The first kappa shape index (κ1) is 10.9. The van der Waals surface area contributed by atoms with E-state index in [9.17, 15) is 0 Å². The molecule has 0 aliphatic rings. The van der Waals surface area contributed by atoms with Gasteiger partial charge in [-0.15, -0.1) is 0 Å². The van der Waals surface area contributed by atoms with Gasteiger partial charge in [0, 0.05) is 0 Å². The molecule has 0 heterocycles. The van der Waals surface area contributed by atoms with Crippen molar-refractivity contribution in [2.45, 2.75) is 26.2 Å². The van der Waals surface area contributed by atoms with E-state index in [2.05, 4.69) is 68.4 Å². The lowest BCUT2D eigenvalue weighted by Crippen LogP contribution is -1.98. The molecule has 1 atom stereocenters. The lowest BCUT2D eigenvalue weighted by Gasteiger charge is -2.12. The van der Waals surface area contributed by atoms with Crippen LogP contribution in [-0.2, 0) is 6.42 Å². The van der Waals surface area contributed by atoms with E-state index in [0.29, 0.717) is 5.92 Å². The third-order valence-corrected chi connectivity index (χ3v) is 3.03. The predicted molar refractivity (Wildman–Crippen MR) is 69.7 cm³/mol. The molecule has 0 nitrogen and oxygen atoms in total. The Morgan fingerprint density at radius 3 is 2.12 bits per heavy atom. The summed E-state index contributed by atoms with van der Waals surface area (Å²) < 4.78 is 0. The van der Waals surface area contributed by atoms with Gasteiger partial charge in [-0.05, 0) is 30.4 Å². The molecule has 2 rings (SSSR count). The standard InChI is InChI=1S/C16H18/c1-13-8-10-16(11-9-13)14(2)12-15-6-4-3-5-7-15/h3-11,14H,12H2,1-2H3. The van der Waals surface area contributed by atoms with E-state index in [-0.39, 0.29) is 0 Å². The molecule has 0 bridgehead atoms. The fraction of sp³-hybridized carbons (Fsp3) is 0.250. The Kier molecular flexibility index (Phi) is 3.40. The molecule has 2 aromatic rings. The van der Waals surface area contributed by atoms with E-state index >= 15 is 0 Å². The average Bonchev–Trinajstić information content (AvgIpc) is 2.31. The predicted octanol–water partition coefficient (Wildman–Crippen LogP) is 4.34. The lowest BCUT2D eigenvalue weighted by atomic mass is 9.93. The van der Waals surface area contributed by atoms with Crippen LogP contribution in [0.1, 0.15) is 29.5 Å². The van der Waals surface area contributed by atoms with Gasteiger partial charge in [0.05, 0.1) is 0 Å². The average molecular weight is 210 g/mol. The van der Waals surface area contributed by atoms with Crippen molar-refractivity contribution in [2.24, 2.45) is 0 Å². The van der Waals surface area contributed by atoms with E-state index in [1.165, 1.54) is 16.7 Å². The minimum atomic E-state index is 0.586. The summed E-state index contributed by atoms with van der Waals surface area (Å²) in [6.07, 6.45) is 1.11. The Hall–Kier alpha value is -1.56. The van der Waals surface area contributed by atoms with E-state index in [0.717, 1.165) is 6.42 Å². The Morgan fingerprint density at radius 1 is 0.875 bits per heavy atom. The van der Waals surface area contributed by atoms with Crippen molar-refractivity contribution in [3.05, 3.63) is 71.3 Å². The first-order valence-corrected chi connectivity index (χ1v) is 5.86. The van der Waals surface area contributed by atoms with Gasteiger partial charge in [0.15, 0.2) is 0 Å². The molecular weight excluding hydrogens is 192 g/mol. The SMILES string of the molecule is Cc1ccc(C(C)Cc2ccccc2)cc1. The van der Waals surface area contributed by atoms with E-state index in [1.54, 1.807) is 0 Å². The zero-order chi connectivity index (χ0) is 11.4. The summed E-state index contributed by atoms with van der Waals surface area (Å²) in [5, 5.41) is 0. The summed E-state index contributed by atoms with van der Waals surface area (Å²) in [7, 11) is 0. The van der Waals surface area contributed by atoms with Gasteiger partial charge in [-0.2, -0.15) is 0 Å². The van der Waals surface area contributed by atoms with Gasteiger partial charge in [-0.1, -0.05) is 67.1 Å². The maximum absolute atomic E-state index is 2.29. The van der Waals surface area contributed by atoms with Gasteiger partial charge < -0.3 is 0 Å². The summed E-state index contributed by atoms with van der Waals surface area (Å²) in [5.41, 5.74) is 4.17. The van der Waals surface area contributed by atoms with E-state index < -0.39 is 0 Å². The Bertz CT molecular complexity index is 425. The number of aryl methyl sites for hydroxylation is 1. The summed E-state index contributed by atoms with van der Waals surface area (Å²) in [5.74, 6) is 0.586. The van der Waals surface area contributed by atoms with Crippen molar-refractivity contribution in [1.82, 2.24) is 0 Å². The smallest absolute Gasteiger partial charge is 0.0150 e. The van der Waals surface area contributed by atoms with Gasteiger partial charge in [0.2, 0.25) is 0 Å². The molecule has 0 aromatic heterocycles. The second-order valence-electron chi connectivity index (χ2n) is 4.50. The molecule has 0 N–H and O–H groups in total. The third-order valence-electron chi connectivity index (χ3n) is 3.03. The third kappa shape index (κ3) is 2.73. The Morgan fingerprint density at radius 2 is 1.50 bits per heavy atom. The minimum absolute atomic E-state index is 0.586. The van der Waals surface area contributed by atoms with Crippen LogP contribution in [0.4, 0.5) is 0 Å². The number of benzene rings is 2. The maximum Gasteiger partial charge on any atom is -0.0150 e. The second-order valence-corrected chi connectivity index (χ2v) is 4.50. The fourth-order valence-corrected chi connectivity index (χ4v) is 1.98. The Labute approximate surface area is 97.9 Å². The van der Waals surface area contributed by atoms with Crippen LogP contribution in [0.5, 0.6) is 0 Å². The molecule has 0 saturated carbocycles. The monoisotopic (exact) mass is 210 g/mol. The largest absolute Gasteiger partial charge is 0.0622 e. The van der Waals surface area contributed by atoms with E-state index in [1.807, 2.05) is 0 Å². The summed E-state index contributed by atoms with van der Waals surface area (Å²) in [6.45, 7) is 4.42. The van der Waals surface area contributed by atoms with Crippen LogP contribution in [-0.4, -0.2) is 0 Å². The molecule has 82 valence electrons. The van der Waals surface area contributed by atoms with Gasteiger partial charge in [0.1, 0.15) is 0 Å². The quantitative estimate of drug-likeness (QED) is 0.707. The van der Waals surface area contributed by atoms with Crippen LogP contribution in [0.2, 0.25) is 0 Å². The number of hydrogen-bond donors (Lipinski definition) is 0. The molecule has 0 heteroatoms. The Balaban J connectivity index is 2.09. The minimum Gasteiger partial charge on any atom is -0.0622 e.